The van der Waals surface area contributed by atoms with Crippen LogP contribution < -0.4 is 0 Å². The number of halogens is 1. The molecule has 13 nitrogen and oxygen atoms in total. The monoisotopic (exact) mass is 573 g/mol. The van der Waals surface area contributed by atoms with Crippen molar-refractivity contribution in [3.63, 3.8) is 0 Å². The molecule has 0 radical (unpaired) electrons. The van der Waals surface area contributed by atoms with E-state index in [1.807, 2.05) is 30.3 Å². The predicted octanol–water partition coefficient (Wildman–Crippen LogP) is 2.85. The number of aliphatic hydroxyl groups excluding tert-OH is 4. The van der Waals surface area contributed by atoms with Gasteiger partial charge in [0.1, 0.15) is 31.3 Å². The second kappa shape index (κ2) is 13.5. The number of imidazole rings is 1. The molecule has 1 aliphatic rings. The van der Waals surface area contributed by atoms with E-state index in [2.05, 4.69) is 9.72 Å². The number of ether oxygens (including phenoxy) is 2. The van der Waals surface area contributed by atoms with Gasteiger partial charge in [-0.2, -0.15) is 0 Å². The van der Waals surface area contributed by atoms with Crippen molar-refractivity contribution >= 4 is 17.8 Å². The number of rotatable bonds is 9. The first-order valence-corrected chi connectivity index (χ1v) is 12.3. The fraction of sp³-hybridized carbons (Fsp3) is 0.296. The largest absolute Gasteiger partial charge is 0.505 e. The Bertz CT molecular complexity index is 1440. The molecule has 0 saturated carbocycles. The normalized spacial score (nSPS) is 15.9. The Morgan fingerprint density at radius 1 is 1.24 bits per heavy atom. The van der Waals surface area contributed by atoms with Gasteiger partial charge < -0.3 is 40.0 Å². The lowest BCUT2D eigenvalue weighted by Crippen LogP contribution is -2.31. The summed E-state index contributed by atoms with van der Waals surface area (Å²) in [4.78, 5) is 37.2. The summed E-state index contributed by atoms with van der Waals surface area (Å²) in [7, 11) is 0. The van der Waals surface area contributed by atoms with Gasteiger partial charge in [-0.25, -0.2) is 18.7 Å². The van der Waals surface area contributed by atoms with Crippen LogP contribution in [0.1, 0.15) is 24.2 Å². The molecule has 4 rings (SSSR count). The van der Waals surface area contributed by atoms with Crippen LogP contribution in [-0.2, 0) is 25.6 Å². The minimum absolute atomic E-state index is 0.0498. The molecule has 1 aliphatic heterocycles. The lowest BCUT2D eigenvalue weighted by atomic mass is 9.97. The van der Waals surface area contributed by atoms with Crippen LogP contribution in [0, 0.1) is 22.9 Å². The average Bonchev–Trinajstić information content (AvgIpc) is 3.46. The van der Waals surface area contributed by atoms with Crippen LogP contribution in [0.15, 0.2) is 66.2 Å². The molecule has 3 aromatic rings. The second-order valence-corrected chi connectivity index (χ2v) is 8.88. The number of aromatic nitrogens is 2. The van der Waals surface area contributed by atoms with Crippen LogP contribution in [0.5, 0.6) is 0 Å². The van der Waals surface area contributed by atoms with Gasteiger partial charge in [0.2, 0.25) is 5.76 Å². The van der Waals surface area contributed by atoms with E-state index in [-0.39, 0.29) is 19.0 Å². The molecule has 14 heteroatoms. The van der Waals surface area contributed by atoms with Gasteiger partial charge in [-0.15, -0.1) is 0 Å². The number of carbonyl (C=O) groups excluding carboxylic acids is 2. The number of aliphatic hydroxyl groups is 4. The zero-order chi connectivity index (χ0) is 30.3. The molecule has 0 spiro atoms. The molecule has 0 saturated heterocycles. The Hall–Kier alpha value is -4.82. The van der Waals surface area contributed by atoms with Gasteiger partial charge in [0.05, 0.1) is 12.5 Å². The number of nitrogens with zero attached hydrogens (tertiary/aromatic N) is 3. The fourth-order valence-corrected chi connectivity index (χ4v) is 3.85. The van der Waals surface area contributed by atoms with E-state index in [1.54, 1.807) is 26.0 Å². The lowest BCUT2D eigenvalue weighted by molar-refractivity contribution is -0.392. The van der Waals surface area contributed by atoms with Crippen molar-refractivity contribution < 1.29 is 48.8 Å². The molecule has 0 bridgehead atoms. The first-order chi connectivity index (χ1) is 19.5. The fourth-order valence-electron chi connectivity index (χ4n) is 3.85. The molecule has 0 fully saturated rings. The molecule has 0 aliphatic carbocycles. The first kappa shape index (κ1) is 30.7. The molecule has 2 aromatic carbocycles. The highest BCUT2D eigenvalue weighted by atomic mass is 19.1. The molecule has 1 aromatic heterocycles. The Balaban J connectivity index is 0.000000322. The second-order valence-electron chi connectivity index (χ2n) is 8.88. The highest BCUT2D eigenvalue weighted by molar-refractivity contribution is 5.89. The molecule has 4 N–H and O–H groups in total. The van der Waals surface area contributed by atoms with E-state index in [4.69, 9.17) is 25.2 Å². The van der Waals surface area contributed by atoms with E-state index in [0.29, 0.717) is 17.0 Å². The van der Waals surface area contributed by atoms with Crippen molar-refractivity contribution in [1.29, 1.82) is 0 Å². The van der Waals surface area contributed by atoms with Crippen LogP contribution >= 0.6 is 0 Å². The molecule has 0 amide bonds. The number of benzene rings is 2. The topological polar surface area (TPSA) is 194 Å². The van der Waals surface area contributed by atoms with Crippen LogP contribution in [-0.4, -0.2) is 72.3 Å². The third-order valence-corrected chi connectivity index (χ3v) is 6.19. The maximum absolute atomic E-state index is 14.5. The Morgan fingerprint density at radius 3 is 2.49 bits per heavy atom. The summed E-state index contributed by atoms with van der Waals surface area (Å²) >= 11 is 0. The SMILES string of the molecule is Cc1ncc([N+](=O)[O-])n1CCOC(=O)[C@@H](C)c1ccc(-c2ccccc2)c(F)c1.O=C1O[C@H]([C@@H](O)CO)C(O)=C1O. The van der Waals surface area contributed by atoms with Crippen molar-refractivity contribution in [2.45, 2.75) is 38.5 Å². The van der Waals surface area contributed by atoms with Crippen molar-refractivity contribution in [3.05, 3.63) is 93.6 Å². The standard InChI is InChI=1S/C21H20FN3O4.C6H8O6/c1-14(17-8-9-18(19(22)12-17)16-6-4-3-5-7-16)21(26)29-11-10-24-15(2)23-13-20(24)25(27)28;7-1-2(8)5-3(9)4(10)6(11)12-5/h3-9,12-14H,10-11H2,1-2H3;2,5,7-10H,1H2/t14-;2-,5+/m00/s1. The number of cyclic esters (lactones) is 1. The zero-order valence-electron chi connectivity index (χ0n) is 22.0. The summed E-state index contributed by atoms with van der Waals surface area (Å²) in [5, 5.41) is 46.0. The summed E-state index contributed by atoms with van der Waals surface area (Å²) in [6.45, 7) is 2.65. The quantitative estimate of drug-likeness (QED) is 0.167. The number of aryl methyl sites for hydroxylation is 1. The first-order valence-electron chi connectivity index (χ1n) is 12.3. The van der Waals surface area contributed by atoms with E-state index >= 15 is 0 Å². The molecule has 218 valence electrons. The predicted molar refractivity (Wildman–Crippen MR) is 140 cm³/mol. The summed E-state index contributed by atoms with van der Waals surface area (Å²) in [5.74, 6) is -4.10. The van der Waals surface area contributed by atoms with E-state index < -0.39 is 58.9 Å². The minimum Gasteiger partial charge on any atom is -0.505 e. The van der Waals surface area contributed by atoms with Crippen LogP contribution in [0.3, 0.4) is 0 Å². The molecule has 3 atom stereocenters. The molecule has 41 heavy (non-hydrogen) atoms. The van der Waals surface area contributed by atoms with Crippen LogP contribution in [0.4, 0.5) is 10.2 Å². The zero-order valence-corrected chi connectivity index (χ0v) is 22.0. The molecular weight excluding hydrogens is 545 g/mol. The molecule has 0 unspecified atom stereocenters. The smallest absolute Gasteiger partial charge is 0.377 e. The summed E-state index contributed by atoms with van der Waals surface area (Å²) in [6.07, 6.45) is -1.61. The van der Waals surface area contributed by atoms with Crippen molar-refractivity contribution in [1.82, 2.24) is 9.55 Å². The van der Waals surface area contributed by atoms with Crippen molar-refractivity contribution in [2.24, 2.45) is 0 Å². The summed E-state index contributed by atoms with van der Waals surface area (Å²) < 4.78 is 25.5. The number of carbonyl (C=O) groups is 2. The van der Waals surface area contributed by atoms with Gasteiger partial charge in [-0.3, -0.25) is 4.79 Å². The number of hydrogen-bond donors (Lipinski definition) is 4. The van der Waals surface area contributed by atoms with Crippen LogP contribution in [0.25, 0.3) is 11.1 Å². The highest BCUT2D eigenvalue weighted by Crippen LogP contribution is 2.27. The van der Waals surface area contributed by atoms with Gasteiger partial charge in [-0.1, -0.05) is 42.5 Å². The summed E-state index contributed by atoms with van der Waals surface area (Å²) in [6, 6.07) is 13.8. The highest BCUT2D eigenvalue weighted by Gasteiger charge is 2.38. The molecule has 2 heterocycles. The number of esters is 2. The maximum Gasteiger partial charge on any atom is 0.377 e. The maximum atomic E-state index is 14.5. The van der Waals surface area contributed by atoms with Gasteiger partial charge >= 0.3 is 17.8 Å². The third-order valence-electron chi connectivity index (χ3n) is 6.19. The van der Waals surface area contributed by atoms with E-state index in [9.17, 15) is 24.1 Å². The van der Waals surface area contributed by atoms with E-state index in [1.165, 1.54) is 10.6 Å². The Morgan fingerprint density at radius 2 is 1.93 bits per heavy atom. The Kier molecular flexibility index (Phi) is 10.1. The van der Waals surface area contributed by atoms with Gasteiger partial charge in [0, 0.05) is 12.5 Å². The van der Waals surface area contributed by atoms with Crippen LogP contribution in [0.2, 0.25) is 0 Å². The van der Waals surface area contributed by atoms with Gasteiger partial charge in [0.15, 0.2) is 17.7 Å². The average molecular weight is 574 g/mol. The Labute approximate surface area is 232 Å². The van der Waals surface area contributed by atoms with Gasteiger partial charge in [-0.05, 0) is 29.0 Å². The lowest BCUT2D eigenvalue weighted by Gasteiger charge is -2.13. The number of hydrogen-bond acceptors (Lipinski definition) is 11. The van der Waals surface area contributed by atoms with Gasteiger partial charge in [0.25, 0.3) is 0 Å². The van der Waals surface area contributed by atoms with E-state index in [0.717, 1.165) is 11.8 Å². The van der Waals surface area contributed by atoms with Crippen molar-refractivity contribution in [2.75, 3.05) is 13.2 Å². The minimum atomic E-state index is -1.42. The molecular formula is C27H28FN3O10. The summed E-state index contributed by atoms with van der Waals surface area (Å²) in [5.41, 5.74) is 1.71. The van der Waals surface area contributed by atoms with Crippen molar-refractivity contribution in [3.8, 4) is 11.1 Å². The third kappa shape index (κ3) is 7.23. The number of nitro groups is 1.